The lowest BCUT2D eigenvalue weighted by Crippen LogP contribution is -2.36. The highest BCUT2D eigenvalue weighted by Gasteiger charge is 2.25. The second-order valence-electron chi connectivity index (χ2n) is 7.45. The second-order valence-corrected chi connectivity index (χ2v) is 7.45. The average molecular weight is 398 g/mol. The van der Waals surface area contributed by atoms with Crippen LogP contribution in [0, 0.1) is 5.82 Å². The van der Waals surface area contributed by atoms with Crippen molar-refractivity contribution in [2.75, 3.05) is 39.5 Å². The van der Waals surface area contributed by atoms with Gasteiger partial charge in [-0.1, -0.05) is 11.2 Å². The van der Waals surface area contributed by atoms with Crippen molar-refractivity contribution < 1.29 is 23.1 Å². The molecule has 0 atom stereocenters. The van der Waals surface area contributed by atoms with Gasteiger partial charge in [-0.3, -0.25) is 4.90 Å². The van der Waals surface area contributed by atoms with Gasteiger partial charge in [-0.25, -0.2) is 4.39 Å². The number of halogens is 1. The van der Waals surface area contributed by atoms with E-state index in [2.05, 4.69) is 10.1 Å². The molecule has 3 aromatic rings. The Balaban J connectivity index is 1.15. The SMILES string of the molecule is Fc1ccc2c(C3CCN(CCOc4cccc5c4OCCO5)CC3)noc2c1. The Morgan fingerprint density at radius 3 is 2.86 bits per heavy atom. The van der Waals surface area contributed by atoms with Gasteiger partial charge in [0.15, 0.2) is 17.1 Å². The number of hydrogen-bond acceptors (Lipinski definition) is 6. The molecule has 0 unspecified atom stereocenters. The van der Waals surface area contributed by atoms with Gasteiger partial charge in [-0.15, -0.1) is 0 Å². The third kappa shape index (κ3) is 3.74. The summed E-state index contributed by atoms with van der Waals surface area (Å²) >= 11 is 0. The summed E-state index contributed by atoms with van der Waals surface area (Å²) in [6.07, 6.45) is 1.99. The Morgan fingerprint density at radius 2 is 1.97 bits per heavy atom. The van der Waals surface area contributed by atoms with E-state index in [9.17, 15) is 4.39 Å². The summed E-state index contributed by atoms with van der Waals surface area (Å²) in [7, 11) is 0. The van der Waals surface area contributed by atoms with Crippen LogP contribution < -0.4 is 14.2 Å². The van der Waals surface area contributed by atoms with Crippen molar-refractivity contribution in [1.82, 2.24) is 10.1 Å². The monoisotopic (exact) mass is 398 g/mol. The Labute approximate surface area is 168 Å². The summed E-state index contributed by atoms with van der Waals surface area (Å²) in [4.78, 5) is 2.39. The fourth-order valence-corrected chi connectivity index (χ4v) is 4.10. The van der Waals surface area contributed by atoms with Crippen LogP contribution in [0.2, 0.25) is 0 Å². The van der Waals surface area contributed by atoms with Gasteiger partial charge in [0.1, 0.15) is 25.6 Å². The minimum absolute atomic E-state index is 0.299. The van der Waals surface area contributed by atoms with Gasteiger partial charge in [0, 0.05) is 23.9 Å². The molecule has 0 bridgehead atoms. The van der Waals surface area contributed by atoms with Crippen LogP contribution in [0.15, 0.2) is 40.9 Å². The van der Waals surface area contributed by atoms with E-state index in [1.165, 1.54) is 12.1 Å². The number of aromatic nitrogens is 1. The van der Waals surface area contributed by atoms with Crippen LogP contribution in [0.3, 0.4) is 0 Å². The first kappa shape index (κ1) is 18.2. The summed E-state index contributed by atoms with van der Waals surface area (Å²) in [5, 5.41) is 5.14. The molecule has 0 amide bonds. The zero-order valence-electron chi connectivity index (χ0n) is 16.1. The van der Waals surface area contributed by atoms with Crippen molar-refractivity contribution in [2.45, 2.75) is 18.8 Å². The van der Waals surface area contributed by atoms with Crippen LogP contribution in [-0.2, 0) is 0 Å². The van der Waals surface area contributed by atoms with E-state index >= 15 is 0 Å². The summed E-state index contributed by atoms with van der Waals surface area (Å²) < 4.78 is 35.9. The predicted octanol–water partition coefficient (Wildman–Crippen LogP) is 4.00. The molecule has 152 valence electrons. The molecule has 7 heteroatoms. The van der Waals surface area contributed by atoms with Gasteiger partial charge in [0.2, 0.25) is 5.75 Å². The number of likely N-dealkylation sites (tertiary alicyclic amines) is 1. The molecule has 1 aromatic heterocycles. The first-order valence-electron chi connectivity index (χ1n) is 10.1. The van der Waals surface area contributed by atoms with Gasteiger partial charge in [-0.2, -0.15) is 0 Å². The lowest BCUT2D eigenvalue weighted by atomic mass is 9.91. The van der Waals surface area contributed by atoms with Crippen molar-refractivity contribution >= 4 is 11.0 Å². The second kappa shape index (κ2) is 7.91. The van der Waals surface area contributed by atoms with Gasteiger partial charge >= 0.3 is 0 Å². The number of ether oxygens (including phenoxy) is 3. The topological polar surface area (TPSA) is 57.0 Å². The number of piperidine rings is 1. The maximum Gasteiger partial charge on any atom is 0.203 e. The minimum Gasteiger partial charge on any atom is -0.488 e. The van der Waals surface area contributed by atoms with E-state index in [0.29, 0.717) is 37.1 Å². The van der Waals surface area contributed by atoms with Crippen LogP contribution >= 0.6 is 0 Å². The zero-order chi connectivity index (χ0) is 19.6. The standard InChI is InChI=1S/C22H23FN2O4/c23-16-4-5-17-20(14-16)29-24-21(17)15-6-8-25(9-7-15)10-11-26-18-2-1-3-19-22(18)28-13-12-27-19/h1-5,14-15H,6-13H2. The third-order valence-electron chi connectivity index (χ3n) is 5.63. The summed E-state index contributed by atoms with van der Waals surface area (Å²) in [6, 6.07) is 10.4. The van der Waals surface area contributed by atoms with Gasteiger partial charge in [0.25, 0.3) is 0 Å². The summed E-state index contributed by atoms with van der Waals surface area (Å²) in [6.45, 7) is 4.50. The number of fused-ring (bicyclic) bond motifs is 2. The van der Waals surface area contributed by atoms with Crippen LogP contribution in [0.25, 0.3) is 11.0 Å². The summed E-state index contributed by atoms with van der Waals surface area (Å²) in [5.74, 6) is 2.22. The van der Waals surface area contributed by atoms with Gasteiger partial charge in [0.05, 0.1) is 5.69 Å². The fraction of sp³-hybridized carbons (Fsp3) is 0.409. The van der Waals surface area contributed by atoms with E-state index in [-0.39, 0.29) is 5.82 Å². The van der Waals surface area contributed by atoms with Crippen LogP contribution in [0.4, 0.5) is 4.39 Å². The molecule has 2 aliphatic rings. The molecule has 0 spiro atoms. The normalized spacial score (nSPS) is 17.6. The molecule has 0 radical (unpaired) electrons. The predicted molar refractivity (Wildman–Crippen MR) is 105 cm³/mol. The van der Waals surface area contributed by atoms with Crippen molar-refractivity contribution in [3.8, 4) is 17.2 Å². The maximum absolute atomic E-state index is 13.4. The number of rotatable bonds is 5. The number of hydrogen-bond donors (Lipinski definition) is 0. The highest BCUT2D eigenvalue weighted by Crippen LogP contribution is 2.39. The Bertz CT molecular complexity index is 998. The fourth-order valence-electron chi connectivity index (χ4n) is 4.10. The Kier molecular flexibility index (Phi) is 4.97. The van der Waals surface area contributed by atoms with Crippen molar-refractivity contribution in [3.05, 3.63) is 47.9 Å². The van der Waals surface area contributed by atoms with Crippen molar-refractivity contribution in [2.24, 2.45) is 0 Å². The molecule has 2 aliphatic heterocycles. The molecule has 5 rings (SSSR count). The van der Waals surface area contributed by atoms with Crippen molar-refractivity contribution in [1.29, 1.82) is 0 Å². The molecule has 3 heterocycles. The van der Waals surface area contributed by atoms with E-state index < -0.39 is 0 Å². The van der Waals surface area contributed by atoms with Crippen LogP contribution in [-0.4, -0.2) is 49.5 Å². The largest absolute Gasteiger partial charge is 0.488 e. The molecule has 2 aromatic carbocycles. The first-order valence-corrected chi connectivity index (χ1v) is 10.1. The number of para-hydroxylation sites is 1. The maximum atomic E-state index is 13.4. The smallest absolute Gasteiger partial charge is 0.203 e. The van der Waals surface area contributed by atoms with Crippen LogP contribution in [0.1, 0.15) is 24.5 Å². The number of nitrogens with zero attached hydrogens (tertiary/aromatic N) is 2. The molecule has 0 N–H and O–H groups in total. The van der Waals surface area contributed by atoms with Crippen molar-refractivity contribution in [3.63, 3.8) is 0 Å². The molecule has 0 saturated carbocycles. The van der Waals surface area contributed by atoms with Gasteiger partial charge in [-0.05, 0) is 50.2 Å². The lowest BCUT2D eigenvalue weighted by molar-refractivity contribution is 0.149. The Morgan fingerprint density at radius 1 is 1.10 bits per heavy atom. The Hall–Kier alpha value is -2.80. The minimum atomic E-state index is -0.299. The molecule has 6 nitrogen and oxygen atoms in total. The highest BCUT2D eigenvalue weighted by molar-refractivity contribution is 5.79. The van der Waals surface area contributed by atoms with Crippen LogP contribution in [0.5, 0.6) is 17.2 Å². The third-order valence-corrected chi connectivity index (χ3v) is 5.63. The van der Waals surface area contributed by atoms with Gasteiger partial charge < -0.3 is 18.7 Å². The van der Waals surface area contributed by atoms with E-state index in [4.69, 9.17) is 18.7 Å². The lowest BCUT2D eigenvalue weighted by Gasteiger charge is -2.31. The molecule has 1 fully saturated rings. The highest BCUT2D eigenvalue weighted by atomic mass is 19.1. The zero-order valence-corrected chi connectivity index (χ0v) is 16.1. The molecular formula is C22H23FN2O4. The summed E-state index contributed by atoms with van der Waals surface area (Å²) in [5.41, 5.74) is 1.47. The molecule has 1 saturated heterocycles. The molecule has 0 aliphatic carbocycles. The average Bonchev–Trinajstić information content (AvgIpc) is 3.17. The number of benzene rings is 2. The molecule has 29 heavy (non-hydrogen) atoms. The quantitative estimate of drug-likeness (QED) is 0.648. The van der Waals surface area contributed by atoms with E-state index in [1.54, 1.807) is 6.07 Å². The van der Waals surface area contributed by atoms with E-state index in [0.717, 1.165) is 55.1 Å². The van der Waals surface area contributed by atoms with E-state index in [1.807, 2.05) is 18.2 Å². The molecular weight excluding hydrogens is 375 g/mol. The first-order chi connectivity index (χ1) is 14.3.